The Labute approximate surface area is 93.5 Å². The number of piperidine rings is 1. The second-order valence-electron chi connectivity index (χ2n) is 3.92. The summed E-state index contributed by atoms with van der Waals surface area (Å²) >= 11 is 0. The summed E-state index contributed by atoms with van der Waals surface area (Å²) in [4.78, 5) is 23.9. The summed E-state index contributed by atoms with van der Waals surface area (Å²) in [7, 11) is 0. The van der Waals surface area contributed by atoms with Crippen molar-refractivity contribution in [1.82, 2.24) is 0 Å². The minimum atomic E-state index is -0.929. The Balaban J connectivity index is 2.14. The largest absolute Gasteiger partial charge is 0.478 e. The standard InChI is InChI=1S/C12H13NO3/c14-11-2-1-7-13(8-11)10-5-3-9(4-6-10)12(15)16/h3-6H,1-2,7-8H2,(H,15,16). The zero-order valence-corrected chi connectivity index (χ0v) is 8.85. The van der Waals surface area contributed by atoms with Crippen LogP contribution in [-0.4, -0.2) is 29.9 Å². The third kappa shape index (κ3) is 2.21. The highest BCUT2D eigenvalue weighted by atomic mass is 16.4. The maximum Gasteiger partial charge on any atom is 0.335 e. The Morgan fingerprint density at radius 3 is 2.50 bits per heavy atom. The first-order chi connectivity index (χ1) is 7.66. The minimum Gasteiger partial charge on any atom is -0.478 e. The van der Waals surface area contributed by atoms with Gasteiger partial charge in [0.2, 0.25) is 0 Å². The van der Waals surface area contributed by atoms with Crippen molar-refractivity contribution in [1.29, 1.82) is 0 Å². The van der Waals surface area contributed by atoms with Crippen LogP contribution in [0.15, 0.2) is 24.3 Å². The van der Waals surface area contributed by atoms with Crippen molar-refractivity contribution < 1.29 is 14.7 Å². The molecule has 0 amide bonds. The fourth-order valence-electron chi connectivity index (χ4n) is 1.87. The molecule has 1 aliphatic rings. The number of carboxylic acid groups (broad SMARTS) is 1. The molecule has 1 aliphatic heterocycles. The molecule has 16 heavy (non-hydrogen) atoms. The monoisotopic (exact) mass is 219 g/mol. The summed E-state index contributed by atoms with van der Waals surface area (Å²) in [6, 6.07) is 6.64. The molecule has 1 aromatic rings. The van der Waals surface area contributed by atoms with Gasteiger partial charge in [0.05, 0.1) is 12.1 Å². The van der Waals surface area contributed by atoms with Crippen LogP contribution in [0.5, 0.6) is 0 Å². The Morgan fingerprint density at radius 2 is 1.94 bits per heavy atom. The van der Waals surface area contributed by atoms with Gasteiger partial charge in [0.15, 0.2) is 5.78 Å². The molecular formula is C12H13NO3. The number of nitrogens with zero attached hydrogens (tertiary/aromatic N) is 1. The van der Waals surface area contributed by atoms with Crippen LogP contribution in [0.3, 0.4) is 0 Å². The molecule has 0 saturated carbocycles. The molecule has 1 heterocycles. The van der Waals surface area contributed by atoms with Crippen LogP contribution in [0.2, 0.25) is 0 Å². The smallest absolute Gasteiger partial charge is 0.335 e. The molecule has 0 atom stereocenters. The normalized spacial score (nSPS) is 16.2. The molecule has 1 N–H and O–H groups in total. The number of ketones is 1. The molecule has 0 aromatic heterocycles. The van der Waals surface area contributed by atoms with Gasteiger partial charge in [0.25, 0.3) is 0 Å². The molecule has 84 valence electrons. The zero-order valence-electron chi connectivity index (χ0n) is 8.85. The summed E-state index contributed by atoms with van der Waals surface area (Å²) in [6.07, 6.45) is 1.53. The molecule has 4 nitrogen and oxygen atoms in total. The lowest BCUT2D eigenvalue weighted by molar-refractivity contribution is -0.118. The quantitative estimate of drug-likeness (QED) is 0.820. The predicted octanol–water partition coefficient (Wildman–Crippen LogP) is 1.55. The number of rotatable bonds is 2. The molecule has 1 saturated heterocycles. The van der Waals surface area contributed by atoms with Gasteiger partial charge in [-0.2, -0.15) is 0 Å². The maximum atomic E-state index is 11.3. The Morgan fingerprint density at radius 1 is 1.25 bits per heavy atom. The molecule has 0 bridgehead atoms. The van der Waals surface area contributed by atoms with E-state index < -0.39 is 5.97 Å². The van der Waals surface area contributed by atoms with Crippen LogP contribution in [0, 0.1) is 0 Å². The number of hydrogen-bond donors (Lipinski definition) is 1. The fraction of sp³-hybridized carbons (Fsp3) is 0.333. The summed E-state index contributed by atoms with van der Waals surface area (Å²) in [5.41, 5.74) is 1.19. The molecule has 0 unspecified atom stereocenters. The van der Waals surface area contributed by atoms with Gasteiger partial charge in [0.1, 0.15) is 0 Å². The number of Topliss-reactive ketones (excluding diaryl/α,β-unsaturated/α-hetero) is 1. The SMILES string of the molecule is O=C1CCCN(c2ccc(C(=O)O)cc2)C1. The molecule has 1 fully saturated rings. The van der Waals surface area contributed by atoms with E-state index in [0.717, 1.165) is 18.7 Å². The van der Waals surface area contributed by atoms with Crippen molar-refractivity contribution in [3.05, 3.63) is 29.8 Å². The van der Waals surface area contributed by atoms with Crippen LogP contribution in [0.4, 0.5) is 5.69 Å². The van der Waals surface area contributed by atoms with Crippen LogP contribution >= 0.6 is 0 Å². The van der Waals surface area contributed by atoms with Crippen LogP contribution in [-0.2, 0) is 4.79 Å². The molecule has 1 aromatic carbocycles. The van der Waals surface area contributed by atoms with E-state index in [9.17, 15) is 9.59 Å². The van der Waals surface area contributed by atoms with Crippen molar-refractivity contribution in [2.24, 2.45) is 0 Å². The lowest BCUT2D eigenvalue weighted by atomic mass is 10.1. The molecule has 4 heteroatoms. The van der Waals surface area contributed by atoms with Gasteiger partial charge >= 0.3 is 5.97 Å². The number of aromatic carboxylic acids is 1. The third-order valence-electron chi connectivity index (χ3n) is 2.73. The molecular weight excluding hydrogens is 206 g/mol. The third-order valence-corrected chi connectivity index (χ3v) is 2.73. The van der Waals surface area contributed by atoms with Gasteiger partial charge in [-0.15, -0.1) is 0 Å². The van der Waals surface area contributed by atoms with Crippen molar-refractivity contribution in [3.8, 4) is 0 Å². The molecule has 2 rings (SSSR count). The van der Waals surface area contributed by atoms with Gasteiger partial charge in [-0.25, -0.2) is 4.79 Å². The lowest BCUT2D eigenvalue weighted by Crippen LogP contribution is -2.35. The van der Waals surface area contributed by atoms with Gasteiger partial charge in [0, 0.05) is 18.7 Å². The van der Waals surface area contributed by atoms with Crippen molar-refractivity contribution >= 4 is 17.4 Å². The Kier molecular flexibility index (Phi) is 2.90. The van der Waals surface area contributed by atoms with E-state index in [1.165, 1.54) is 0 Å². The van der Waals surface area contributed by atoms with Crippen LogP contribution in [0.1, 0.15) is 23.2 Å². The number of benzene rings is 1. The minimum absolute atomic E-state index is 0.244. The molecule has 0 aliphatic carbocycles. The van der Waals surface area contributed by atoms with Gasteiger partial charge in [-0.1, -0.05) is 0 Å². The average Bonchev–Trinajstić information content (AvgIpc) is 2.29. The van der Waals surface area contributed by atoms with E-state index in [1.807, 2.05) is 4.90 Å². The summed E-state index contributed by atoms with van der Waals surface area (Å²) in [6.45, 7) is 1.30. The highest BCUT2D eigenvalue weighted by Crippen LogP contribution is 2.18. The number of carbonyl (C=O) groups excluding carboxylic acids is 1. The van der Waals surface area contributed by atoms with Crippen molar-refractivity contribution in [2.45, 2.75) is 12.8 Å². The first kappa shape index (κ1) is 10.7. The fourth-order valence-corrected chi connectivity index (χ4v) is 1.87. The van der Waals surface area contributed by atoms with Crippen molar-refractivity contribution in [2.75, 3.05) is 18.0 Å². The van der Waals surface area contributed by atoms with Gasteiger partial charge < -0.3 is 10.0 Å². The predicted molar refractivity (Wildman–Crippen MR) is 59.9 cm³/mol. The lowest BCUT2D eigenvalue weighted by Gasteiger charge is -2.27. The molecule has 0 spiro atoms. The summed E-state index contributed by atoms with van der Waals surface area (Å²) in [5.74, 6) is -0.685. The van der Waals surface area contributed by atoms with E-state index in [0.29, 0.717) is 13.0 Å². The average molecular weight is 219 g/mol. The van der Waals surface area contributed by atoms with E-state index in [4.69, 9.17) is 5.11 Å². The second-order valence-corrected chi connectivity index (χ2v) is 3.92. The summed E-state index contributed by atoms with van der Waals surface area (Å²) < 4.78 is 0. The van der Waals surface area contributed by atoms with E-state index in [2.05, 4.69) is 0 Å². The first-order valence-corrected chi connectivity index (χ1v) is 5.27. The summed E-state index contributed by atoms with van der Waals surface area (Å²) in [5, 5.41) is 8.76. The van der Waals surface area contributed by atoms with Crippen LogP contribution in [0.25, 0.3) is 0 Å². The zero-order chi connectivity index (χ0) is 11.5. The second kappa shape index (κ2) is 4.35. The van der Waals surface area contributed by atoms with Crippen molar-refractivity contribution in [3.63, 3.8) is 0 Å². The number of hydrogen-bond acceptors (Lipinski definition) is 3. The van der Waals surface area contributed by atoms with Crippen LogP contribution < -0.4 is 4.90 Å². The van der Waals surface area contributed by atoms with Gasteiger partial charge in [-0.05, 0) is 30.7 Å². The highest BCUT2D eigenvalue weighted by molar-refractivity contribution is 5.88. The van der Waals surface area contributed by atoms with E-state index >= 15 is 0 Å². The first-order valence-electron chi connectivity index (χ1n) is 5.27. The van der Waals surface area contributed by atoms with E-state index in [1.54, 1.807) is 24.3 Å². The Bertz CT molecular complexity index is 411. The maximum absolute atomic E-state index is 11.3. The highest BCUT2D eigenvalue weighted by Gasteiger charge is 2.17. The van der Waals surface area contributed by atoms with Gasteiger partial charge in [-0.3, -0.25) is 4.79 Å². The van der Waals surface area contributed by atoms with E-state index in [-0.39, 0.29) is 11.3 Å². The number of anilines is 1. The Hall–Kier alpha value is -1.84. The number of carboxylic acids is 1. The number of carbonyl (C=O) groups is 2. The molecule has 0 radical (unpaired) electrons. The topological polar surface area (TPSA) is 57.6 Å².